The van der Waals surface area contributed by atoms with E-state index in [9.17, 15) is 10.1 Å². The molecule has 0 atom stereocenters. The Labute approximate surface area is 147 Å². The van der Waals surface area contributed by atoms with Gasteiger partial charge in [-0.25, -0.2) is 9.97 Å². The van der Waals surface area contributed by atoms with Gasteiger partial charge in [0, 0.05) is 5.56 Å². The Balaban J connectivity index is 1.47. The highest BCUT2D eigenvalue weighted by atomic mass is 16.6. The van der Waals surface area contributed by atoms with E-state index in [2.05, 4.69) is 25.4 Å². The fourth-order valence-electron chi connectivity index (χ4n) is 2.74. The average molecular weight is 356 g/mol. The summed E-state index contributed by atoms with van der Waals surface area (Å²) in [7, 11) is 0. The van der Waals surface area contributed by atoms with Crippen molar-refractivity contribution >= 4 is 5.82 Å². The van der Waals surface area contributed by atoms with Crippen LogP contribution in [0, 0.1) is 10.1 Å². The summed E-state index contributed by atoms with van der Waals surface area (Å²) in [4.78, 5) is 20.7. The van der Waals surface area contributed by atoms with Crippen molar-refractivity contribution in [2.24, 2.45) is 0 Å². The molecule has 2 aromatic heterocycles. The van der Waals surface area contributed by atoms with Gasteiger partial charge < -0.3 is 24.7 Å². The molecule has 4 rings (SSSR count). The van der Waals surface area contributed by atoms with Gasteiger partial charge in [0.1, 0.15) is 18.1 Å². The summed E-state index contributed by atoms with van der Waals surface area (Å²) in [6.07, 6.45) is 3.32. The topological polar surface area (TPSA) is 132 Å². The number of hydrogen-bond donors (Lipinski definition) is 2. The zero-order valence-electron chi connectivity index (χ0n) is 13.7. The molecule has 0 aliphatic carbocycles. The van der Waals surface area contributed by atoms with Crippen LogP contribution in [0.4, 0.5) is 5.82 Å². The summed E-state index contributed by atoms with van der Waals surface area (Å²) in [5.41, 5.74) is 0.749. The van der Waals surface area contributed by atoms with Crippen molar-refractivity contribution in [2.75, 3.05) is 13.1 Å². The number of imidazole rings is 1. The molecule has 10 heteroatoms. The lowest BCUT2D eigenvalue weighted by molar-refractivity contribution is -0.389. The van der Waals surface area contributed by atoms with Crippen LogP contribution >= 0.6 is 0 Å². The van der Waals surface area contributed by atoms with E-state index in [0.29, 0.717) is 5.82 Å². The predicted octanol–water partition coefficient (Wildman–Crippen LogP) is 2.17. The number of nitrogens with zero attached hydrogens (tertiary/aromatic N) is 4. The fourth-order valence-corrected chi connectivity index (χ4v) is 2.74. The zero-order valence-corrected chi connectivity index (χ0v) is 13.7. The van der Waals surface area contributed by atoms with E-state index in [4.69, 9.17) is 9.26 Å². The third kappa shape index (κ3) is 3.40. The standard InChI is InChI=1S/C16H16N6O4/c23-22(24)13-9-18-15(19-13)16-20-14(21-26-16)10-1-3-11(4-2-10)25-12-5-7-17-8-6-12/h1-4,9,12,17H,5-8H2,(H,18,19). The molecule has 26 heavy (non-hydrogen) atoms. The number of nitrogens with one attached hydrogen (secondary N) is 2. The molecule has 1 saturated heterocycles. The molecule has 0 spiro atoms. The van der Waals surface area contributed by atoms with Crippen LogP contribution < -0.4 is 10.1 Å². The average Bonchev–Trinajstić information content (AvgIpc) is 3.33. The highest BCUT2D eigenvalue weighted by Gasteiger charge is 2.19. The van der Waals surface area contributed by atoms with E-state index in [0.717, 1.165) is 43.4 Å². The molecule has 2 N–H and O–H groups in total. The van der Waals surface area contributed by atoms with Gasteiger partial charge in [0.2, 0.25) is 5.82 Å². The Morgan fingerprint density at radius 3 is 2.69 bits per heavy atom. The number of piperidine rings is 1. The van der Waals surface area contributed by atoms with Crippen molar-refractivity contribution < 1.29 is 14.2 Å². The lowest BCUT2D eigenvalue weighted by Crippen LogP contribution is -2.34. The summed E-state index contributed by atoms with van der Waals surface area (Å²) < 4.78 is 11.1. The number of benzene rings is 1. The molecule has 1 aromatic carbocycles. The SMILES string of the molecule is O=[N+]([O-])c1cnc(-c2nc(-c3ccc(OC4CCNCC4)cc3)no2)[nH]1. The van der Waals surface area contributed by atoms with Crippen LogP contribution in [-0.4, -0.2) is 44.2 Å². The van der Waals surface area contributed by atoms with E-state index in [1.54, 1.807) is 0 Å². The first kappa shape index (κ1) is 16.2. The van der Waals surface area contributed by atoms with Gasteiger partial charge in [0.05, 0.1) is 0 Å². The van der Waals surface area contributed by atoms with Crippen molar-refractivity contribution in [3.63, 3.8) is 0 Å². The third-order valence-corrected chi connectivity index (χ3v) is 4.09. The van der Waals surface area contributed by atoms with Gasteiger partial charge in [-0.15, -0.1) is 0 Å². The second-order valence-corrected chi connectivity index (χ2v) is 5.89. The molecule has 1 aliphatic rings. The van der Waals surface area contributed by atoms with E-state index in [1.165, 1.54) is 0 Å². The number of aromatic nitrogens is 4. The fraction of sp³-hybridized carbons (Fsp3) is 0.312. The van der Waals surface area contributed by atoms with Gasteiger partial charge in [-0.3, -0.25) is 0 Å². The minimum Gasteiger partial charge on any atom is -0.490 e. The molecule has 134 valence electrons. The van der Waals surface area contributed by atoms with Crippen LogP contribution in [0.2, 0.25) is 0 Å². The maximum atomic E-state index is 10.7. The summed E-state index contributed by atoms with van der Waals surface area (Å²) in [5.74, 6) is 1.17. The first-order valence-corrected chi connectivity index (χ1v) is 8.20. The molecule has 0 unspecified atom stereocenters. The molecule has 0 bridgehead atoms. The number of hydrogen-bond acceptors (Lipinski definition) is 8. The monoisotopic (exact) mass is 356 g/mol. The maximum Gasteiger partial charge on any atom is 0.341 e. The molecule has 1 fully saturated rings. The lowest BCUT2D eigenvalue weighted by Gasteiger charge is -2.23. The normalized spacial score (nSPS) is 15.1. The van der Waals surface area contributed by atoms with Crippen LogP contribution in [0.25, 0.3) is 23.1 Å². The van der Waals surface area contributed by atoms with Crippen LogP contribution in [-0.2, 0) is 0 Å². The summed E-state index contributed by atoms with van der Waals surface area (Å²) >= 11 is 0. The van der Waals surface area contributed by atoms with Crippen molar-refractivity contribution in [1.82, 2.24) is 25.4 Å². The van der Waals surface area contributed by atoms with Crippen LogP contribution in [0.3, 0.4) is 0 Å². The van der Waals surface area contributed by atoms with Crippen LogP contribution in [0.5, 0.6) is 5.75 Å². The quantitative estimate of drug-likeness (QED) is 0.525. The number of aromatic amines is 1. The van der Waals surface area contributed by atoms with Gasteiger partial charge in [0.25, 0.3) is 5.82 Å². The number of H-pyrrole nitrogens is 1. The summed E-state index contributed by atoms with van der Waals surface area (Å²) in [5, 5.41) is 17.9. The molecular formula is C16H16N6O4. The number of nitro groups is 1. The second kappa shape index (κ2) is 6.92. The van der Waals surface area contributed by atoms with Crippen molar-refractivity contribution in [3.8, 4) is 28.9 Å². The summed E-state index contributed by atoms with van der Waals surface area (Å²) in [6.45, 7) is 1.94. The third-order valence-electron chi connectivity index (χ3n) is 4.09. The Hall–Kier alpha value is -3.27. The Morgan fingerprint density at radius 2 is 2.00 bits per heavy atom. The van der Waals surface area contributed by atoms with E-state index < -0.39 is 4.92 Å². The predicted molar refractivity (Wildman–Crippen MR) is 90.5 cm³/mol. The van der Waals surface area contributed by atoms with E-state index in [-0.39, 0.29) is 23.6 Å². The maximum absolute atomic E-state index is 10.7. The second-order valence-electron chi connectivity index (χ2n) is 5.89. The van der Waals surface area contributed by atoms with Gasteiger partial charge in [-0.1, -0.05) is 5.16 Å². The molecule has 0 amide bonds. The summed E-state index contributed by atoms with van der Waals surface area (Å²) in [6, 6.07) is 7.42. The Bertz CT molecular complexity index is 898. The Kier molecular flexibility index (Phi) is 4.32. The highest BCUT2D eigenvalue weighted by molar-refractivity contribution is 5.58. The minimum absolute atomic E-state index is 0.0862. The first-order chi connectivity index (χ1) is 12.7. The van der Waals surface area contributed by atoms with Crippen molar-refractivity contribution in [1.29, 1.82) is 0 Å². The number of rotatable bonds is 5. The van der Waals surface area contributed by atoms with Gasteiger partial charge in [0.15, 0.2) is 0 Å². The molecule has 3 heterocycles. The van der Waals surface area contributed by atoms with Gasteiger partial charge in [-0.2, -0.15) is 4.98 Å². The highest BCUT2D eigenvalue weighted by Crippen LogP contribution is 2.24. The molecule has 0 saturated carbocycles. The van der Waals surface area contributed by atoms with Crippen molar-refractivity contribution in [3.05, 3.63) is 40.6 Å². The molecule has 10 nitrogen and oxygen atoms in total. The van der Waals surface area contributed by atoms with Gasteiger partial charge >= 0.3 is 11.7 Å². The van der Waals surface area contributed by atoms with E-state index in [1.807, 2.05) is 24.3 Å². The zero-order chi connectivity index (χ0) is 17.9. The molecule has 1 aliphatic heterocycles. The minimum atomic E-state index is -0.575. The lowest BCUT2D eigenvalue weighted by atomic mass is 10.1. The van der Waals surface area contributed by atoms with Crippen LogP contribution in [0.15, 0.2) is 35.0 Å². The van der Waals surface area contributed by atoms with Crippen LogP contribution in [0.1, 0.15) is 12.8 Å². The van der Waals surface area contributed by atoms with Crippen molar-refractivity contribution in [2.45, 2.75) is 18.9 Å². The molecule has 3 aromatic rings. The largest absolute Gasteiger partial charge is 0.490 e. The Morgan fingerprint density at radius 1 is 1.23 bits per heavy atom. The van der Waals surface area contributed by atoms with Gasteiger partial charge in [-0.05, 0) is 55.1 Å². The smallest absolute Gasteiger partial charge is 0.341 e. The molecular weight excluding hydrogens is 340 g/mol. The first-order valence-electron chi connectivity index (χ1n) is 8.20. The number of ether oxygens (including phenoxy) is 1. The van der Waals surface area contributed by atoms with E-state index >= 15 is 0 Å². The molecule has 0 radical (unpaired) electrons.